The van der Waals surface area contributed by atoms with Crippen LogP contribution in [0.3, 0.4) is 0 Å². The number of alkyl halides is 1. The summed E-state index contributed by atoms with van der Waals surface area (Å²) in [5.74, 6) is 2.51. The number of aryl methyl sites for hydroxylation is 3. The van der Waals surface area contributed by atoms with E-state index in [1.807, 2.05) is 30.3 Å². The molecular weight excluding hydrogens is 295 g/mol. The van der Waals surface area contributed by atoms with Crippen LogP contribution in [0.25, 0.3) is 11.0 Å². The Morgan fingerprint density at radius 1 is 1.20 bits per heavy atom. The van der Waals surface area contributed by atoms with E-state index < -0.39 is 0 Å². The van der Waals surface area contributed by atoms with Gasteiger partial charge >= 0.3 is 0 Å². The summed E-state index contributed by atoms with van der Waals surface area (Å²) in [5, 5.41) is 0.717. The first-order valence-electron chi connectivity index (χ1n) is 6.51. The van der Waals surface area contributed by atoms with E-state index in [2.05, 4.69) is 9.55 Å². The predicted octanol–water partition coefficient (Wildman–Crippen LogP) is 4.31. The van der Waals surface area contributed by atoms with Crippen LogP contribution >= 0.6 is 23.2 Å². The molecule has 2 aromatic heterocycles. The number of aromatic nitrogens is 2. The minimum atomic E-state index is 0.553. The van der Waals surface area contributed by atoms with Crippen LogP contribution < -0.4 is 0 Å². The molecule has 3 aromatic rings. The number of benzene rings is 1. The Bertz CT molecular complexity index is 704. The molecule has 0 spiro atoms. The molecule has 0 bridgehead atoms. The van der Waals surface area contributed by atoms with E-state index in [1.54, 1.807) is 6.26 Å². The fourth-order valence-corrected chi connectivity index (χ4v) is 2.68. The molecule has 0 aliphatic heterocycles. The molecule has 20 heavy (non-hydrogen) atoms. The van der Waals surface area contributed by atoms with Gasteiger partial charge in [0.2, 0.25) is 0 Å². The van der Waals surface area contributed by atoms with E-state index >= 15 is 0 Å². The Morgan fingerprint density at radius 3 is 2.85 bits per heavy atom. The lowest BCUT2D eigenvalue weighted by Crippen LogP contribution is -2.06. The summed E-state index contributed by atoms with van der Waals surface area (Å²) in [4.78, 5) is 4.63. The summed E-state index contributed by atoms with van der Waals surface area (Å²) >= 11 is 12.0. The number of fused-ring (bicyclic) bond motifs is 1. The van der Waals surface area contributed by atoms with Crippen LogP contribution in [-0.4, -0.2) is 15.4 Å². The van der Waals surface area contributed by atoms with Crippen LogP contribution in [0.4, 0.5) is 0 Å². The fourth-order valence-electron chi connectivity index (χ4n) is 2.35. The number of nitrogens with zero attached hydrogens (tertiary/aromatic N) is 2. The second-order valence-corrected chi connectivity index (χ2v) is 5.40. The number of imidazole rings is 1. The van der Waals surface area contributed by atoms with Crippen LogP contribution in [0.5, 0.6) is 0 Å². The first-order valence-corrected chi connectivity index (χ1v) is 7.42. The van der Waals surface area contributed by atoms with Gasteiger partial charge in [-0.25, -0.2) is 4.98 Å². The van der Waals surface area contributed by atoms with Gasteiger partial charge < -0.3 is 8.98 Å². The number of hydrogen-bond acceptors (Lipinski definition) is 2. The molecule has 2 heterocycles. The van der Waals surface area contributed by atoms with E-state index in [0.29, 0.717) is 10.9 Å². The Kier molecular flexibility index (Phi) is 3.99. The number of hydrogen-bond donors (Lipinski definition) is 0. The third-order valence-electron chi connectivity index (χ3n) is 3.27. The Balaban J connectivity index is 1.96. The summed E-state index contributed by atoms with van der Waals surface area (Å²) in [6.07, 6.45) is 3.25. The van der Waals surface area contributed by atoms with E-state index in [0.717, 1.165) is 42.0 Å². The molecule has 0 saturated carbocycles. The molecule has 3 nitrogen and oxygen atoms in total. The lowest BCUT2D eigenvalue weighted by atomic mass is 10.3. The molecule has 0 N–H and O–H groups in total. The zero-order valence-electron chi connectivity index (χ0n) is 10.9. The van der Waals surface area contributed by atoms with Gasteiger partial charge in [0.15, 0.2) is 0 Å². The van der Waals surface area contributed by atoms with Crippen LogP contribution in [0.15, 0.2) is 41.0 Å². The van der Waals surface area contributed by atoms with Crippen molar-refractivity contribution in [2.24, 2.45) is 0 Å². The zero-order valence-corrected chi connectivity index (χ0v) is 12.4. The highest BCUT2D eigenvalue weighted by Gasteiger charge is 2.11. The van der Waals surface area contributed by atoms with E-state index in [9.17, 15) is 0 Å². The van der Waals surface area contributed by atoms with Gasteiger partial charge in [-0.3, -0.25) is 0 Å². The van der Waals surface area contributed by atoms with Crippen molar-refractivity contribution in [1.29, 1.82) is 0 Å². The standard InChI is InChI=1S/C15H14Cl2N2O/c16-7-5-15-18-13-4-3-11(17)10-14(13)19(15)8-6-12-2-1-9-20-12/h1-4,9-10H,5-8H2. The molecule has 0 radical (unpaired) electrons. The molecule has 104 valence electrons. The van der Waals surface area contributed by atoms with Gasteiger partial charge in [0.1, 0.15) is 11.6 Å². The molecule has 3 rings (SSSR count). The largest absolute Gasteiger partial charge is 0.469 e. The van der Waals surface area contributed by atoms with E-state index in [4.69, 9.17) is 27.6 Å². The summed E-state index contributed by atoms with van der Waals surface area (Å²) in [6, 6.07) is 9.63. The minimum Gasteiger partial charge on any atom is -0.469 e. The monoisotopic (exact) mass is 308 g/mol. The van der Waals surface area contributed by atoms with Crippen molar-refractivity contribution in [3.05, 3.63) is 53.2 Å². The van der Waals surface area contributed by atoms with Crippen LogP contribution in [0, 0.1) is 0 Å². The topological polar surface area (TPSA) is 31.0 Å². The first kappa shape index (κ1) is 13.5. The molecule has 1 aromatic carbocycles. The summed E-state index contributed by atoms with van der Waals surface area (Å²) in [6.45, 7) is 0.802. The van der Waals surface area contributed by atoms with Gasteiger partial charge in [0.05, 0.1) is 17.3 Å². The molecule has 0 atom stereocenters. The van der Waals surface area contributed by atoms with Gasteiger partial charge in [0, 0.05) is 30.3 Å². The van der Waals surface area contributed by atoms with Gasteiger partial charge in [0.25, 0.3) is 0 Å². The smallest absolute Gasteiger partial charge is 0.111 e. The second kappa shape index (κ2) is 5.90. The van der Waals surface area contributed by atoms with Crippen molar-refractivity contribution in [1.82, 2.24) is 9.55 Å². The molecule has 0 saturated heterocycles. The highest BCUT2D eigenvalue weighted by molar-refractivity contribution is 6.31. The fraction of sp³-hybridized carbons (Fsp3) is 0.267. The lowest BCUT2D eigenvalue weighted by Gasteiger charge is -2.07. The molecule has 0 aliphatic rings. The van der Waals surface area contributed by atoms with E-state index in [-0.39, 0.29) is 0 Å². The maximum atomic E-state index is 6.09. The molecule has 0 aliphatic carbocycles. The molecular formula is C15H14Cl2N2O. The summed E-state index contributed by atoms with van der Waals surface area (Å²) < 4.78 is 7.55. The normalized spacial score (nSPS) is 11.3. The third-order valence-corrected chi connectivity index (χ3v) is 3.69. The predicted molar refractivity (Wildman–Crippen MR) is 81.6 cm³/mol. The number of halogens is 2. The number of furan rings is 1. The van der Waals surface area contributed by atoms with Crippen molar-refractivity contribution in [3.63, 3.8) is 0 Å². The average molecular weight is 309 g/mol. The van der Waals surface area contributed by atoms with Gasteiger partial charge in [-0.2, -0.15) is 0 Å². The Labute approximate surface area is 127 Å². The van der Waals surface area contributed by atoms with Crippen molar-refractivity contribution in [2.45, 2.75) is 19.4 Å². The SMILES string of the molecule is ClCCc1nc2ccc(Cl)cc2n1CCc1ccco1. The quantitative estimate of drug-likeness (QED) is 0.658. The highest BCUT2D eigenvalue weighted by atomic mass is 35.5. The van der Waals surface area contributed by atoms with Crippen molar-refractivity contribution < 1.29 is 4.42 Å². The zero-order chi connectivity index (χ0) is 13.9. The first-order chi connectivity index (χ1) is 9.78. The van der Waals surface area contributed by atoms with Crippen LogP contribution in [0.1, 0.15) is 11.6 Å². The summed E-state index contributed by atoms with van der Waals surface area (Å²) in [7, 11) is 0. The summed E-state index contributed by atoms with van der Waals surface area (Å²) in [5.41, 5.74) is 2.00. The highest BCUT2D eigenvalue weighted by Crippen LogP contribution is 2.22. The van der Waals surface area contributed by atoms with Crippen molar-refractivity contribution >= 4 is 34.2 Å². The maximum Gasteiger partial charge on any atom is 0.111 e. The Hall–Kier alpha value is -1.45. The second-order valence-electron chi connectivity index (χ2n) is 4.58. The third kappa shape index (κ3) is 2.69. The Morgan fingerprint density at radius 2 is 2.10 bits per heavy atom. The molecule has 0 unspecified atom stereocenters. The number of rotatable bonds is 5. The van der Waals surface area contributed by atoms with E-state index in [1.165, 1.54) is 0 Å². The van der Waals surface area contributed by atoms with Crippen LogP contribution in [0.2, 0.25) is 5.02 Å². The minimum absolute atomic E-state index is 0.553. The van der Waals surface area contributed by atoms with Gasteiger partial charge in [-0.1, -0.05) is 11.6 Å². The van der Waals surface area contributed by atoms with Gasteiger partial charge in [-0.05, 0) is 30.3 Å². The molecule has 5 heteroatoms. The van der Waals surface area contributed by atoms with Crippen molar-refractivity contribution in [2.75, 3.05) is 5.88 Å². The molecule has 0 amide bonds. The van der Waals surface area contributed by atoms with Gasteiger partial charge in [-0.15, -0.1) is 11.6 Å². The van der Waals surface area contributed by atoms with Crippen LogP contribution in [-0.2, 0) is 19.4 Å². The maximum absolute atomic E-state index is 6.09. The lowest BCUT2D eigenvalue weighted by molar-refractivity contribution is 0.490. The average Bonchev–Trinajstić information content (AvgIpc) is 3.04. The molecule has 0 fully saturated rings. The van der Waals surface area contributed by atoms with Crippen molar-refractivity contribution in [3.8, 4) is 0 Å².